The Hall–Kier alpha value is -2.89. The van der Waals surface area contributed by atoms with Gasteiger partial charge in [0.1, 0.15) is 5.84 Å². The Morgan fingerprint density at radius 2 is 1.77 bits per heavy atom. The van der Waals surface area contributed by atoms with Crippen molar-refractivity contribution in [1.29, 1.82) is 0 Å². The number of guanidine groups is 1. The molecule has 0 fully saturated rings. The van der Waals surface area contributed by atoms with Gasteiger partial charge in [-0.1, -0.05) is 53.5 Å². The van der Waals surface area contributed by atoms with E-state index in [0.717, 1.165) is 47.6 Å². The Balaban J connectivity index is 1.75. The molecule has 3 heterocycles. The van der Waals surface area contributed by atoms with Crippen LogP contribution in [0.4, 0.5) is 0 Å². The third-order valence-corrected chi connectivity index (χ3v) is 6.40. The molecule has 1 unspecified atom stereocenters. The second-order valence-corrected chi connectivity index (χ2v) is 8.09. The predicted molar refractivity (Wildman–Crippen MR) is 122 cm³/mol. The summed E-state index contributed by atoms with van der Waals surface area (Å²) in [7, 11) is 0. The highest BCUT2D eigenvalue weighted by molar-refractivity contribution is 6.43. The van der Waals surface area contributed by atoms with Crippen LogP contribution in [0, 0.1) is 0 Å². The van der Waals surface area contributed by atoms with E-state index in [-0.39, 0.29) is 0 Å². The fraction of sp³-hybridized carbons (Fsp3) is 0.174. The number of aliphatic imine (C=N–C) groups is 2. The van der Waals surface area contributed by atoms with Gasteiger partial charge in [-0.15, -0.1) is 0 Å². The van der Waals surface area contributed by atoms with Crippen molar-refractivity contribution in [2.45, 2.75) is 12.0 Å². The topological polar surface area (TPSA) is 66.9 Å². The maximum absolute atomic E-state index is 6.51. The summed E-state index contributed by atoms with van der Waals surface area (Å²) in [5, 5.41) is 1.05. The van der Waals surface area contributed by atoms with Crippen LogP contribution >= 0.6 is 23.2 Å². The number of fused-ring (bicyclic) bond motifs is 1. The monoisotopic (exact) mass is 435 g/mol. The molecular weight excluding hydrogens is 417 g/mol. The smallest absolute Gasteiger partial charge is 0.198 e. The van der Waals surface area contributed by atoms with Crippen molar-refractivity contribution >= 4 is 35.0 Å². The molecule has 0 spiro atoms. The van der Waals surface area contributed by atoms with Crippen molar-refractivity contribution in [3.63, 3.8) is 0 Å². The van der Waals surface area contributed by atoms with Gasteiger partial charge in [0.05, 0.1) is 10.0 Å². The van der Waals surface area contributed by atoms with Crippen molar-refractivity contribution in [2.75, 3.05) is 13.1 Å². The van der Waals surface area contributed by atoms with E-state index >= 15 is 0 Å². The molecule has 30 heavy (non-hydrogen) atoms. The zero-order chi connectivity index (χ0) is 20.7. The fourth-order valence-electron chi connectivity index (χ4n) is 4.21. The Bertz CT molecular complexity index is 1180. The van der Waals surface area contributed by atoms with E-state index < -0.39 is 5.54 Å². The van der Waals surface area contributed by atoms with Crippen molar-refractivity contribution < 1.29 is 0 Å². The summed E-state index contributed by atoms with van der Waals surface area (Å²) in [5.41, 5.74) is 9.31. The van der Waals surface area contributed by atoms with Crippen LogP contribution in [0.2, 0.25) is 10.0 Å². The first-order chi connectivity index (χ1) is 14.6. The van der Waals surface area contributed by atoms with Crippen molar-refractivity contribution in [2.24, 2.45) is 15.7 Å². The number of rotatable bonds is 3. The lowest BCUT2D eigenvalue weighted by molar-refractivity contribution is 0.531. The number of nitrogens with zero attached hydrogens (tertiary/aromatic N) is 4. The summed E-state index contributed by atoms with van der Waals surface area (Å²) in [6.45, 7) is 1.56. The molecule has 150 valence electrons. The third kappa shape index (κ3) is 2.89. The molecule has 0 saturated carbocycles. The van der Waals surface area contributed by atoms with Crippen molar-refractivity contribution in [1.82, 2.24) is 9.88 Å². The largest absolute Gasteiger partial charge is 0.369 e. The number of amidine groups is 1. The molecule has 0 bridgehead atoms. The fourth-order valence-corrected chi connectivity index (χ4v) is 4.62. The van der Waals surface area contributed by atoms with E-state index in [2.05, 4.69) is 17.1 Å². The van der Waals surface area contributed by atoms with Crippen LogP contribution in [0.5, 0.6) is 0 Å². The van der Waals surface area contributed by atoms with Crippen LogP contribution in [0.25, 0.3) is 11.1 Å². The Kier molecular flexibility index (Phi) is 4.72. The molecule has 0 saturated heterocycles. The third-order valence-electron chi connectivity index (χ3n) is 5.58. The minimum absolute atomic E-state index is 0.483. The zero-order valence-electron chi connectivity index (χ0n) is 16.1. The van der Waals surface area contributed by atoms with E-state index in [4.69, 9.17) is 38.9 Å². The first kappa shape index (κ1) is 19.1. The molecule has 5 nitrogen and oxygen atoms in total. The minimum atomic E-state index is -0.825. The molecule has 7 heteroatoms. The highest BCUT2D eigenvalue weighted by Gasteiger charge is 2.49. The molecule has 1 aromatic heterocycles. The first-order valence-electron chi connectivity index (χ1n) is 9.74. The number of benzene rings is 2. The number of halogens is 2. The van der Waals surface area contributed by atoms with Gasteiger partial charge in [-0.3, -0.25) is 14.9 Å². The number of hydrogen-bond donors (Lipinski definition) is 1. The first-order valence-corrected chi connectivity index (χ1v) is 10.5. The van der Waals surface area contributed by atoms with Crippen LogP contribution in [0.1, 0.15) is 17.5 Å². The Morgan fingerprint density at radius 3 is 2.60 bits per heavy atom. The molecule has 1 atom stereocenters. The van der Waals surface area contributed by atoms with E-state index in [1.807, 2.05) is 41.3 Å². The minimum Gasteiger partial charge on any atom is -0.369 e. The number of hydrogen-bond acceptors (Lipinski definition) is 5. The van der Waals surface area contributed by atoms with Gasteiger partial charge < -0.3 is 5.73 Å². The van der Waals surface area contributed by atoms with Gasteiger partial charge in [-0.05, 0) is 47.4 Å². The van der Waals surface area contributed by atoms with Crippen LogP contribution in [-0.4, -0.2) is 34.8 Å². The second-order valence-electron chi connectivity index (χ2n) is 7.31. The SMILES string of the molecule is NC1=NC(c2ccncc2)(c2cccc(-c3cccc(Cl)c3Cl)c2)C2=NCCCN12. The van der Waals surface area contributed by atoms with Gasteiger partial charge in [-0.2, -0.15) is 0 Å². The molecule has 3 aromatic rings. The summed E-state index contributed by atoms with van der Waals surface area (Å²) >= 11 is 12.8. The predicted octanol–water partition coefficient (Wildman–Crippen LogP) is 4.73. The van der Waals surface area contributed by atoms with E-state index in [9.17, 15) is 0 Å². The normalized spacial score (nSPS) is 20.5. The summed E-state index contributed by atoms with van der Waals surface area (Å²) in [4.78, 5) is 16.0. The number of pyridine rings is 1. The molecule has 2 aliphatic rings. The molecule has 0 aliphatic carbocycles. The van der Waals surface area contributed by atoms with Crippen LogP contribution < -0.4 is 5.73 Å². The molecule has 2 aliphatic heterocycles. The number of nitrogens with two attached hydrogens (primary N) is 1. The Morgan fingerprint density at radius 1 is 0.967 bits per heavy atom. The quantitative estimate of drug-likeness (QED) is 0.646. The summed E-state index contributed by atoms with van der Waals surface area (Å²) in [5.74, 6) is 1.34. The molecule has 2 aromatic carbocycles. The standard InChI is InChI=1S/C23H19Cl2N5/c24-19-7-2-6-18(20(19)25)15-4-1-5-17(14-15)23(16-8-11-27-12-9-16)21-28-10-3-13-30(21)22(26)29-23/h1-2,4-9,11-12,14H,3,10,13H2,(H2,26,29). The average molecular weight is 436 g/mol. The summed E-state index contributed by atoms with van der Waals surface area (Å²) in [6, 6.07) is 17.7. The van der Waals surface area contributed by atoms with Gasteiger partial charge in [0.15, 0.2) is 11.5 Å². The average Bonchev–Trinajstić information content (AvgIpc) is 3.10. The number of aromatic nitrogens is 1. The summed E-state index contributed by atoms with van der Waals surface area (Å²) < 4.78 is 0. The lowest BCUT2D eigenvalue weighted by Gasteiger charge is -2.33. The van der Waals surface area contributed by atoms with E-state index in [1.165, 1.54) is 0 Å². The second kappa shape index (κ2) is 7.42. The molecular formula is C23H19Cl2N5. The van der Waals surface area contributed by atoms with Gasteiger partial charge in [0, 0.05) is 31.0 Å². The Labute approximate surface area is 184 Å². The van der Waals surface area contributed by atoms with Crippen LogP contribution in [0.3, 0.4) is 0 Å². The van der Waals surface area contributed by atoms with Gasteiger partial charge >= 0.3 is 0 Å². The zero-order valence-corrected chi connectivity index (χ0v) is 17.6. The van der Waals surface area contributed by atoms with E-state index in [1.54, 1.807) is 18.5 Å². The van der Waals surface area contributed by atoms with Gasteiger partial charge in [0.25, 0.3) is 0 Å². The molecule has 5 rings (SSSR count). The summed E-state index contributed by atoms with van der Waals surface area (Å²) in [6.07, 6.45) is 4.49. The van der Waals surface area contributed by atoms with Crippen LogP contribution in [-0.2, 0) is 5.54 Å². The maximum Gasteiger partial charge on any atom is 0.198 e. The highest BCUT2D eigenvalue weighted by atomic mass is 35.5. The van der Waals surface area contributed by atoms with Gasteiger partial charge in [0.2, 0.25) is 0 Å². The van der Waals surface area contributed by atoms with Gasteiger partial charge in [-0.25, -0.2) is 4.99 Å². The maximum atomic E-state index is 6.51. The van der Waals surface area contributed by atoms with Crippen LogP contribution in [0.15, 0.2) is 77.0 Å². The highest BCUT2D eigenvalue weighted by Crippen LogP contribution is 2.43. The molecule has 0 amide bonds. The van der Waals surface area contributed by atoms with Crippen molar-refractivity contribution in [3.8, 4) is 11.1 Å². The lowest BCUT2D eigenvalue weighted by atomic mass is 9.81. The molecule has 2 N–H and O–H groups in total. The molecule has 0 radical (unpaired) electrons. The van der Waals surface area contributed by atoms with E-state index in [0.29, 0.717) is 16.0 Å². The lowest BCUT2D eigenvalue weighted by Crippen LogP contribution is -2.46. The van der Waals surface area contributed by atoms with Crippen molar-refractivity contribution in [3.05, 3.63) is 88.2 Å².